The Morgan fingerprint density at radius 3 is 2.56 bits per heavy atom. The highest BCUT2D eigenvalue weighted by atomic mass is 16.1. The summed E-state index contributed by atoms with van der Waals surface area (Å²) in [5, 5.41) is 4.13. The minimum absolute atomic E-state index is 0.0277. The van der Waals surface area contributed by atoms with E-state index < -0.39 is 0 Å². The van der Waals surface area contributed by atoms with Crippen LogP contribution in [0.3, 0.4) is 0 Å². The smallest absolute Gasteiger partial charge is 0.266 e. The molecule has 0 aliphatic heterocycles. The maximum Gasteiger partial charge on any atom is 0.266 e. The van der Waals surface area contributed by atoms with Crippen molar-refractivity contribution < 1.29 is 0 Å². The van der Waals surface area contributed by atoms with Crippen molar-refractivity contribution in [3.05, 3.63) is 69.8 Å². The third-order valence-corrected chi connectivity index (χ3v) is 4.95. The number of aromatic nitrogens is 2. The molecule has 1 atom stereocenters. The summed E-state index contributed by atoms with van der Waals surface area (Å²) < 4.78 is 1.75. The number of hydrogen-bond donors (Lipinski definition) is 1. The van der Waals surface area contributed by atoms with Crippen LogP contribution in [-0.4, -0.2) is 41.6 Å². The number of para-hydroxylation sites is 1. The third kappa shape index (κ3) is 4.10. The lowest BCUT2D eigenvalue weighted by Gasteiger charge is -2.21. The van der Waals surface area contributed by atoms with E-state index in [1.165, 1.54) is 5.56 Å². The van der Waals surface area contributed by atoms with Gasteiger partial charge < -0.3 is 10.2 Å². The second-order valence-electron chi connectivity index (χ2n) is 7.38. The number of nitrogens with zero attached hydrogens (tertiary/aromatic N) is 3. The Morgan fingerprint density at radius 2 is 1.85 bits per heavy atom. The van der Waals surface area contributed by atoms with Gasteiger partial charge in [0.1, 0.15) is 5.82 Å². The van der Waals surface area contributed by atoms with Gasteiger partial charge in [-0.25, -0.2) is 4.98 Å². The van der Waals surface area contributed by atoms with Crippen LogP contribution in [0.5, 0.6) is 0 Å². The summed E-state index contributed by atoms with van der Waals surface area (Å²) in [4.78, 5) is 20.3. The van der Waals surface area contributed by atoms with Crippen LogP contribution in [0.4, 0.5) is 0 Å². The fourth-order valence-electron chi connectivity index (χ4n) is 3.15. The van der Waals surface area contributed by atoms with Gasteiger partial charge in [-0.1, -0.05) is 18.2 Å². The zero-order chi connectivity index (χ0) is 19.6. The predicted molar refractivity (Wildman–Crippen MR) is 112 cm³/mol. The Balaban J connectivity index is 2.15. The van der Waals surface area contributed by atoms with E-state index in [0.717, 1.165) is 35.7 Å². The highest BCUT2D eigenvalue weighted by molar-refractivity contribution is 5.77. The Bertz CT molecular complexity index is 1010. The number of likely N-dealkylation sites (N-methyl/N-ethyl adjacent to an activating group) is 1. The maximum absolute atomic E-state index is 13.3. The fourth-order valence-corrected chi connectivity index (χ4v) is 3.15. The van der Waals surface area contributed by atoms with E-state index in [-0.39, 0.29) is 11.6 Å². The molecule has 0 spiro atoms. The van der Waals surface area contributed by atoms with Gasteiger partial charge in [0.05, 0.1) is 22.6 Å². The van der Waals surface area contributed by atoms with Gasteiger partial charge in [0.25, 0.3) is 5.56 Å². The fraction of sp³-hybridized carbons (Fsp3) is 0.364. The molecule has 0 aliphatic carbocycles. The number of aryl methyl sites for hydroxylation is 2. The van der Waals surface area contributed by atoms with Crippen LogP contribution in [0.15, 0.2) is 47.3 Å². The molecule has 0 radical (unpaired) electrons. The Kier molecular flexibility index (Phi) is 5.73. The van der Waals surface area contributed by atoms with Crippen molar-refractivity contribution in [2.24, 2.45) is 0 Å². The van der Waals surface area contributed by atoms with Crippen LogP contribution in [0.1, 0.15) is 29.9 Å². The summed E-state index contributed by atoms with van der Waals surface area (Å²) >= 11 is 0. The lowest BCUT2D eigenvalue weighted by Crippen LogP contribution is -2.33. The minimum atomic E-state index is -0.0520. The number of benzene rings is 2. The molecule has 5 heteroatoms. The first-order valence-corrected chi connectivity index (χ1v) is 9.36. The molecule has 142 valence electrons. The first kappa shape index (κ1) is 19.3. The monoisotopic (exact) mass is 364 g/mol. The van der Waals surface area contributed by atoms with Gasteiger partial charge >= 0.3 is 0 Å². The summed E-state index contributed by atoms with van der Waals surface area (Å²) in [5.74, 6) is 0.737. The molecular formula is C22H28N4O. The normalized spacial score (nSPS) is 12.7. The molecule has 0 amide bonds. The van der Waals surface area contributed by atoms with Crippen molar-refractivity contribution in [2.45, 2.75) is 26.8 Å². The molecule has 0 saturated heterocycles. The van der Waals surface area contributed by atoms with Crippen LogP contribution in [-0.2, 0) is 0 Å². The van der Waals surface area contributed by atoms with E-state index in [9.17, 15) is 4.79 Å². The van der Waals surface area contributed by atoms with Crippen LogP contribution in [0, 0.1) is 13.8 Å². The molecule has 2 aromatic carbocycles. The Morgan fingerprint density at radius 1 is 1.11 bits per heavy atom. The average molecular weight is 364 g/mol. The van der Waals surface area contributed by atoms with Crippen molar-refractivity contribution in [1.29, 1.82) is 0 Å². The van der Waals surface area contributed by atoms with Gasteiger partial charge in [0, 0.05) is 13.1 Å². The first-order valence-electron chi connectivity index (χ1n) is 9.36. The van der Waals surface area contributed by atoms with E-state index in [1.54, 1.807) is 4.57 Å². The molecule has 27 heavy (non-hydrogen) atoms. The highest BCUT2D eigenvalue weighted by Gasteiger charge is 2.18. The standard InChI is InChI=1S/C22H28N4O/c1-15-10-11-18(14-16(15)2)26-21(17(3)23-12-13-25(4)5)24-20-9-7-6-8-19(20)22(26)27/h6-11,14,17,23H,12-13H2,1-5H3. The SMILES string of the molecule is Cc1ccc(-n2c(C(C)NCCN(C)C)nc3ccccc3c2=O)cc1C. The molecular weight excluding hydrogens is 336 g/mol. The van der Waals surface area contributed by atoms with Gasteiger partial charge in [-0.15, -0.1) is 0 Å². The van der Waals surface area contributed by atoms with Gasteiger partial charge in [0.15, 0.2) is 0 Å². The lowest BCUT2D eigenvalue weighted by molar-refractivity contribution is 0.385. The topological polar surface area (TPSA) is 50.2 Å². The van der Waals surface area contributed by atoms with Crippen LogP contribution in [0.2, 0.25) is 0 Å². The first-order chi connectivity index (χ1) is 12.9. The average Bonchev–Trinajstić information content (AvgIpc) is 2.63. The summed E-state index contributed by atoms with van der Waals surface area (Å²) in [7, 11) is 4.09. The summed E-state index contributed by atoms with van der Waals surface area (Å²) in [6.07, 6.45) is 0. The van der Waals surface area contributed by atoms with E-state index in [1.807, 2.05) is 44.4 Å². The molecule has 0 bridgehead atoms. The van der Waals surface area contributed by atoms with E-state index >= 15 is 0 Å². The zero-order valence-electron chi connectivity index (χ0n) is 16.8. The molecule has 0 fully saturated rings. The van der Waals surface area contributed by atoms with E-state index in [2.05, 4.69) is 43.1 Å². The second-order valence-corrected chi connectivity index (χ2v) is 7.38. The lowest BCUT2D eigenvalue weighted by atomic mass is 10.1. The van der Waals surface area contributed by atoms with Gasteiger partial charge in [-0.3, -0.25) is 9.36 Å². The number of rotatable bonds is 6. The number of fused-ring (bicyclic) bond motifs is 1. The summed E-state index contributed by atoms with van der Waals surface area (Å²) in [6.45, 7) is 7.95. The molecule has 1 heterocycles. The molecule has 3 rings (SSSR count). The van der Waals surface area contributed by atoms with Crippen LogP contribution >= 0.6 is 0 Å². The molecule has 0 aliphatic rings. The van der Waals surface area contributed by atoms with Gasteiger partial charge in [0.2, 0.25) is 0 Å². The number of hydrogen-bond acceptors (Lipinski definition) is 4. The van der Waals surface area contributed by atoms with Crippen molar-refractivity contribution in [3.8, 4) is 5.69 Å². The quantitative estimate of drug-likeness (QED) is 0.730. The van der Waals surface area contributed by atoms with Crippen molar-refractivity contribution >= 4 is 10.9 Å². The van der Waals surface area contributed by atoms with Crippen LogP contribution < -0.4 is 10.9 Å². The number of nitrogens with one attached hydrogen (secondary N) is 1. The Labute approximate surface area is 160 Å². The van der Waals surface area contributed by atoms with Crippen molar-refractivity contribution in [2.75, 3.05) is 27.2 Å². The van der Waals surface area contributed by atoms with E-state index in [0.29, 0.717) is 5.39 Å². The maximum atomic E-state index is 13.3. The molecule has 1 unspecified atom stereocenters. The summed E-state index contributed by atoms with van der Waals surface area (Å²) in [6, 6.07) is 13.6. The van der Waals surface area contributed by atoms with E-state index in [4.69, 9.17) is 4.98 Å². The Hall–Kier alpha value is -2.50. The second kappa shape index (κ2) is 8.03. The molecule has 3 aromatic rings. The van der Waals surface area contributed by atoms with Crippen LogP contribution in [0.25, 0.3) is 16.6 Å². The molecule has 0 saturated carbocycles. The van der Waals surface area contributed by atoms with Crippen molar-refractivity contribution in [3.63, 3.8) is 0 Å². The van der Waals surface area contributed by atoms with Crippen molar-refractivity contribution in [1.82, 2.24) is 19.8 Å². The highest BCUT2D eigenvalue weighted by Crippen LogP contribution is 2.20. The third-order valence-electron chi connectivity index (χ3n) is 4.95. The molecule has 1 N–H and O–H groups in total. The molecule has 1 aromatic heterocycles. The minimum Gasteiger partial charge on any atom is -0.308 e. The zero-order valence-corrected chi connectivity index (χ0v) is 16.8. The summed E-state index contributed by atoms with van der Waals surface area (Å²) in [5.41, 5.74) is 3.93. The molecule has 5 nitrogen and oxygen atoms in total. The predicted octanol–water partition coefficient (Wildman–Crippen LogP) is 3.21. The van der Waals surface area contributed by atoms with Gasteiger partial charge in [-0.2, -0.15) is 0 Å². The van der Waals surface area contributed by atoms with Gasteiger partial charge in [-0.05, 0) is 70.3 Å². The largest absolute Gasteiger partial charge is 0.308 e.